The number of nitrogens with zero attached hydrogens (tertiary/aromatic N) is 3. The van der Waals surface area contributed by atoms with Crippen LogP contribution in [0.5, 0.6) is 5.75 Å². The molecule has 2 rings (SSSR count). The van der Waals surface area contributed by atoms with Crippen LogP contribution in [0.3, 0.4) is 0 Å². The van der Waals surface area contributed by atoms with E-state index in [1.54, 1.807) is 12.1 Å². The zero-order chi connectivity index (χ0) is 13.8. The van der Waals surface area contributed by atoms with Gasteiger partial charge in [0, 0.05) is 16.6 Å². The van der Waals surface area contributed by atoms with E-state index < -0.39 is 0 Å². The van der Waals surface area contributed by atoms with E-state index in [0.717, 1.165) is 22.7 Å². The Morgan fingerprint density at radius 1 is 1.42 bits per heavy atom. The Morgan fingerprint density at radius 3 is 2.68 bits per heavy atom. The molecule has 8 heteroatoms. The summed E-state index contributed by atoms with van der Waals surface area (Å²) in [4.78, 5) is 11.6. The van der Waals surface area contributed by atoms with Crippen molar-refractivity contribution in [3.63, 3.8) is 0 Å². The Morgan fingerprint density at radius 2 is 2.11 bits per heavy atom. The van der Waals surface area contributed by atoms with Crippen molar-refractivity contribution < 1.29 is 9.53 Å². The summed E-state index contributed by atoms with van der Waals surface area (Å²) in [6.07, 6.45) is 0. The molecule has 0 aliphatic heterocycles. The molecule has 1 aromatic carbocycles. The second-order valence-corrected chi connectivity index (χ2v) is 4.99. The van der Waals surface area contributed by atoms with Crippen LogP contribution in [0.15, 0.2) is 12.1 Å². The predicted molar refractivity (Wildman–Crippen MR) is 72.8 cm³/mol. The topological polar surface area (TPSA) is 77.0 Å². The van der Waals surface area contributed by atoms with Crippen LogP contribution in [-0.4, -0.2) is 27.3 Å². The van der Waals surface area contributed by atoms with Crippen molar-refractivity contribution in [2.24, 2.45) is 0 Å². The predicted octanol–water partition coefficient (Wildman–Crippen LogP) is 2.22. The van der Waals surface area contributed by atoms with Gasteiger partial charge in [-0.3, -0.25) is 10.1 Å². The smallest absolute Gasteiger partial charge is 0.264 e. The van der Waals surface area contributed by atoms with Crippen LogP contribution < -0.4 is 10.1 Å². The van der Waals surface area contributed by atoms with Gasteiger partial charge in [-0.2, -0.15) is 0 Å². The number of ether oxygens (including phenoxy) is 1. The molecular formula is C11H11ClN4O2S. The average molecular weight is 299 g/mol. The molecule has 2 aromatic rings. The molecule has 0 saturated heterocycles. The van der Waals surface area contributed by atoms with Crippen LogP contribution in [0, 0.1) is 13.8 Å². The number of nitrogens with one attached hydrogen (secondary N) is 1. The molecule has 0 aliphatic carbocycles. The SMILES string of the molecule is Cc1cc(OCC(=O)Nc2nnns2)cc(C)c1Cl. The molecule has 0 saturated carbocycles. The second-order valence-electron chi connectivity index (χ2n) is 3.88. The highest BCUT2D eigenvalue weighted by molar-refractivity contribution is 7.09. The molecule has 1 heterocycles. The van der Waals surface area contributed by atoms with Crippen molar-refractivity contribution in [3.05, 3.63) is 28.3 Å². The van der Waals surface area contributed by atoms with Gasteiger partial charge in [0.05, 0.1) is 0 Å². The molecule has 0 radical (unpaired) electrons. The highest BCUT2D eigenvalue weighted by Gasteiger charge is 2.08. The number of anilines is 1. The first-order valence-electron chi connectivity index (χ1n) is 5.40. The second kappa shape index (κ2) is 5.94. The molecule has 100 valence electrons. The standard InChI is InChI=1S/C11H11ClN4O2S/c1-6-3-8(4-7(2)10(6)12)18-5-9(17)13-11-14-15-16-19-11/h3-4H,5H2,1-2H3,(H,13,14,16,17). The fraction of sp³-hybridized carbons (Fsp3) is 0.273. The Balaban J connectivity index is 1.93. The van der Waals surface area contributed by atoms with Crippen molar-refractivity contribution in [1.82, 2.24) is 14.8 Å². The molecule has 0 aliphatic rings. The molecule has 1 amide bonds. The maximum atomic E-state index is 11.6. The molecule has 0 atom stereocenters. The van der Waals surface area contributed by atoms with Crippen molar-refractivity contribution in [2.75, 3.05) is 11.9 Å². The van der Waals surface area contributed by atoms with Gasteiger partial charge in [0.25, 0.3) is 5.91 Å². The molecule has 0 unspecified atom stereocenters. The van der Waals surface area contributed by atoms with Crippen molar-refractivity contribution in [1.29, 1.82) is 0 Å². The lowest BCUT2D eigenvalue weighted by molar-refractivity contribution is -0.118. The van der Waals surface area contributed by atoms with E-state index >= 15 is 0 Å². The summed E-state index contributed by atoms with van der Waals surface area (Å²) in [5.41, 5.74) is 1.82. The van der Waals surface area contributed by atoms with E-state index in [1.807, 2.05) is 13.8 Å². The highest BCUT2D eigenvalue weighted by Crippen LogP contribution is 2.25. The lowest BCUT2D eigenvalue weighted by Gasteiger charge is -2.09. The van der Waals surface area contributed by atoms with Crippen LogP contribution in [0.25, 0.3) is 0 Å². The number of carbonyl (C=O) groups excluding carboxylic acids is 1. The van der Waals surface area contributed by atoms with Crippen molar-refractivity contribution >= 4 is 34.2 Å². The van der Waals surface area contributed by atoms with Crippen molar-refractivity contribution in [3.8, 4) is 5.75 Å². The Labute approximate surface area is 118 Å². The number of halogens is 1. The monoisotopic (exact) mass is 298 g/mol. The van der Waals surface area contributed by atoms with E-state index in [0.29, 0.717) is 15.9 Å². The average Bonchev–Trinajstić information content (AvgIpc) is 2.86. The van der Waals surface area contributed by atoms with Gasteiger partial charge >= 0.3 is 0 Å². The summed E-state index contributed by atoms with van der Waals surface area (Å²) in [6.45, 7) is 3.66. The first kappa shape index (κ1) is 13.7. The van der Waals surface area contributed by atoms with E-state index in [1.165, 1.54) is 0 Å². The zero-order valence-electron chi connectivity index (χ0n) is 10.3. The van der Waals surface area contributed by atoms with Crippen LogP contribution in [-0.2, 0) is 4.79 Å². The number of hydrogen-bond donors (Lipinski definition) is 1. The normalized spacial score (nSPS) is 10.3. The van der Waals surface area contributed by atoms with E-state index in [-0.39, 0.29) is 12.5 Å². The van der Waals surface area contributed by atoms with Gasteiger partial charge in [-0.25, -0.2) is 0 Å². The van der Waals surface area contributed by atoms with Gasteiger partial charge in [-0.1, -0.05) is 21.2 Å². The minimum Gasteiger partial charge on any atom is -0.484 e. The first-order chi connectivity index (χ1) is 9.06. The Bertz CT molecular complexity index is 565. The zero-order valence-corrected chi connectivity index (χ0v) is 11.9. The number of aryl methyl sites for hydroxylation is 2. The number of aromatic nitrogens is 3. The molecule has 6 nitrogen and oxygen atoms in total. The van der Waals surface area contributed by atoms with Gasteiger partial charge < -0.3 is 4.74 Å². The molecular weight excluding hydrogens is 288 g/mol. The third-order valence-electron chi connectivity index (χ3n) is 2.33. The number of rotatable bonds is 4. The molecule has 0 bridgehead atoms. The maximum Gasteiger partial charge on any atom is 0.264 e. The minimum absolute atomic E-state index is 0.111. The molecule has 0 fully saturated rings. The fourth-order valence-corrected chi connectivity index (χ4v) is 1.97. The quantitative estimate of drug-likeness (QED) is 0.936. The first-order valence-corrected chi connectivity index (χ1v) is 6.56. The van der Waals surface area contributed by atoms with Crippen molar-refractivity contribution in [2.45, 2.75) is 13.8 Å². The molecule has 0 spiro atoms. The number of benzene rings is 1. The van der Waals surface area contributed by atoms with Crippen LogP contribution in [0.1, 0.15) is 11.1 Å². The largest absolute Gasteiger partial charge is 0.484 e. The van der Waals surface area contributed by atoms with E-state index in [9.17, 15) is 4.79 Å². The third kappa shape index (κ3) is 3.62. The number of hydrogen-bond acceptors (Lipinski definition) is 6. The number of amides is 1. The van der Waals surface area contributed by atoms with Gasteiger partial charge in [-0.15, -0.1) is 0 Å². The van der Waals surface area contributed by atoms with E-state index in [2.05, 4.69) is 20.1 Å². The maximum absolute atomic E-state index is 11.6. The summed E-state index contributed by atoms with van der Waals surface area (Å²) in [5.74, 6) is 0.286. The van der Waals surface area contributed by atoms with Gasteiger partial charge in [0.2, 0.25) is 5.13 Å². The summed E-state index contributed by atoms with van der Waals surface area (Å²) in [7, 11) is 0. The highest BCUT2D eigenvalue weighted by atomic mass is 35.5. The Hall–Kier alpha value is -1.73. The summed E-state index contributed by atoms with van der Waals surface area (Å²) < 4.78 is 8.94. The third-order valence-corrected chi connectivity index (χ3v) is 3.43. The lowest BCUT2D eigenvalue weighted by atomic mass is 10.1. The van der Waals surface area contributed by atoms with Crippen LogP contribution >= 0.6 is 23.1 Å². The fourth-order valence-electron chi connectivity index (χ4n) is 1.48. The van der Waals surface area contributed by atoms with Gasteiger partial charge in [-0.05, 0) is 42.3 Å². The van der Waals surface area contributed by atoms with Crippen LogP contribution in [0.4, 0.5) is 5.13 Å². The van der Waals surface area contributed by atoms with Gasteiger partial charge in [0.1, 0.15) is 5.75 Å². The lowest BCUT2D eigenvalue weighted by Crippen LogP contribution is -2.20. The minimum atomic E-state index is -0.316. The number of carbonyl (C=O) groups is 1. The summed E-state index contributed by atoms with van der Waals surface area (Å²) in [6, 6.07) is 3.57. The molecule has 19 heavy (non-hydrogen) atoms. The molecule has 1 aromatic heterocycles. The van der Waals surface area contributed by atoms with Gasteiger partial charge in [0.15, 0.2) is 6.61 Å². The van der Waals surface area contributed by atoms with E-state index in [4.69, 9.17) is 16.3 Å². The summed E-state index contributed by atoms with van der Waals surface area (Å²) >= 11 is 7.05. The Kier molecular flexibility index (Phi) is 4.28. The van der Waals surface area contributed by atoms with Crippen LogP contribution in [0.2, 0.25) is 5.02 Å². The summed E-state index contributed by atoms with van der Waals surface area (Å²) in [5, 5.41) is 10.6. The molecule has 1 N–H and O–H groups in total.